The number of nitrogens with two attached hydrogens (primary N) is 1. The second kappa shape index (κ2) is 6.21. The Hall–Kier alpha value is -2.63. The van der Waals surface area contributed by atoms with Crippen LogP contribution < -0.4 is 15.8 Å². The normalized spacial score (nSPS) is 10.2. The molecule has 0 aromatic heterocycles. The monoisotopic (exact) mass is 292 g/mol. The second-order valence-corrected chi connectivity index (χ2v) is 4.24. The van der Waals surface area contributed by atoms with Crippen LogP contribution in [0.4, 0.5) is 20.2 Å². The Kier molecular flexibility index (Phi) is 4.37. The number of carbonyl (C=O) groups is 1. The second-order valence-electron chi connectivity index (χ2n) is 4.24. The maximum Gasteiger partial charge on any atom is 0.255 e. The number of benzene rings is 2. The molecule has 2 aromatic rings. The minimum absolute atomic E-state index is 0.222. The third-order valence-electron chi connectivity index (χ3n) is 2.77. The molecule has 0 atom stereocenters. The number of carbonyl (C=O) groups excluding carboxylic acids is 1. The molecule has 0 heterocycles. The fourth-order valence-corrected chi connectivity index (χ4v) is 1.77. The summed E-state index contributed by atoms with van der Waals surface area (Å²) in [4.78, 5) is 12.0. The molecule has 0 saturated carbocycles. The Morgan fingerprint density at radius 3 is 2.71 bits per heavy atom. The van der Waals surface area contributed by atoms with Gasteiger partial charge in [-0.3, -0.25) is 4.79 Å². The van der Waals surface area contributed by atoms with Crippen molar-refractivity contribution in [2.75, 3.05) is 17.7 Å². The molecular weight excluding hydrogens is 278 g/mol. The number of rotatable bonds is 4. The van der Waals surface area contributed by atoms with Crippen LogP contribution in [0.2, 0.25) is 0 Å². The van der Waals surface area contributed by atoms with Crippen molar-refractivity contribution in [1.82, 2.24) is 0 Å². The summed E-state index contributed by atoms with van der Waals surface area (Å²) in [6, 6.07) is 8.01. The fraction of sp³-hybridized carbons (Fsp3) is 0.133. The highest BCUT2D eigenvalue weighted by atomic mass is 19.2. The standard InChI is InChI=1S/C15H14F2N2O2/c1-2-21-13-7-6-9(8-11(13)18)15(20)19-12-5-3-4-10(16)14(12)17/h3-8H,2,18H2,1H3,(H,19,20). The van der Waals surface area contributed by atoms with Crippen molar-refractivity contribution in [3.8, 4) is 5.75 Å². The predicted molar refractivity (Wildman–Crippen MR) is 76.3 cm³/mol. The molecular formula is C15H14F2N2O2. The molecule has 0 radical (unpaired) electrons. The average Bonchev–Trinajstić information content (AvgIpc) is 2.46. The molecule has 1 amide bonds. The van der Waals surface area contributed by atoms with E-state index in [1.165, 1.54) is 24.3 Å². The van der Waals surface area contributed by atoms with E-state index in [1.807, 2.05) is 6.92 Å². The Morgan fingerprint density at radius 2 is 2.05 bits per heavy atom. The van der Waals surface area contributed by atoms with Crippen molar-refractivity contribution in [1.29, 1.82) is 0 Å². The number of hydrogen-bond acceptors (Lipinski definition) is 3. The third kappa shape index (κ3) is 3.28. The fourth-order valence-electron chi connectivity index (χ4n) is 1.77. The van der Waals surface area contributed by atoms with Crippen LogP contribution in [0.5, 0.6) is 5.75 Å². The Balaban J connectivity index is 2.21. The first-order chi connectivity index (χ1) is 10.0. The third-order valence-corrected chi connectivity index (χ3v) is 2.77. The van der Waals surface area contributed by atoms with E-state index in [2.05, 4.69) is 5.32 Å². The largest absolute Gasteiger partial charge is 0.492 e. The molecule has 0 saturated heterocycles. The van der Waals surface area contributed by atoms with Gasteiger partial charge in [0.1, 0.15) is 5.75 Å². The van der Waals surface area contributed by atoms with E-state index in [4.69, 9.17) is 10.5 Å². The van der Waals surface area contributed by atoms with Crippen molar-refractivity contribution in [2.24, 2.45) is 0 Å². The highest BCUT2D eigenvalue weighted by Crippen LogP contribution is 2.23. The lowest BCUT2D eigenvalue weighted by molar-refractivity contribution is 0.102. The molecule has 0 aliphatic heterocycles. The quantitative estimate of drug-likeness (QED) is 0.851. The van der Waals surface area contributed by atoms with Gasteiger partial charge in [0.25, 0.3) is 5.91 Å². The summed E-state index contributed by atoms with van der Waals surface area (Å²) >= 11 is 0. The van der Waals surface area contributed by atoms with Gasteiger partial charge in [-0.2, -0.15) is 0 Å². The summed E-state index contributed by atoms with van der Waals surface area (Å²) < 4.78 is 31.8. The lowest BCUT2D eigenvalue weighted by Gasteiger charge is -2.10. The van der Waals surface area contributed by atoms with E-state index < -0.39 is 17.5 Å². The van der Waals surface area contributed by atoms with E-state index in [9.17, 15) is 13.6 Å². The first-order valence-electron chi connectivity index (χ1n) is 6.30. The molecule has 6 heteroatoms. The van der Waals surface area contributed by atoms with Crippen molar-refractivity contribution < 1.29 is 18.3 Å². The van der Waals surface area contributed by atoms with Gasteiger partial charge in [0.15, 0.2) is 11.6 Å². The number of halogens is 2. The van der Waals surface area contributed by atoms with Crippen molar-refractivity contribution in [2.45, 2.75) is 6.92 Å². The van der Waals surface area contributed by atoms with Crippen LogP contribution >= 0.6 is 0 Å². The zero-order chi connectivity index (χ0) is 15.4. The van der Waals surface area contributed by atoms with E-state index in [0.29, 0.717) is 18.0 Å². The molecule has 0 spiro atoms. The summed E-state index contributed by atoms with van der Waals surface area (Å²) in [5, 5.41) is 2.30. The van der Waals surface area contributed by atoms with Gasteiger partial charge in [-0.15, -0.1) is 0 Å². The molecule has 2 rings (SSSR count). The molecule has 0 bridgehead atoms. The van der Waals surface area contributed by atoms with Crippen LogP contribution in [0.25, 0.3) is 0 Å². The van der Waals surface area contributed by atoms with E-state index in [1.54, 1.807) is 6.07 Å². The van der Waals surface area contributed by atoms with Gasteiger partial charge in [-0.1, -0.05) is 6.07 Å². The Labute approximate surface area is 120 Å². The van der Waals surface area contributed by atoms with Crippen LogP contribution in [0, 0.1) is 11.6 Å². The molecule has 0 aliphatic carbocycles. The predicted octanol–water partition coefficient (Wildman–Crippen LogP) is 3.20. The highest BCUT2D eigenvalue weighted by molar-refractivity contribution is 6.05. The first-order valence-corrected chi connectivity index (χ1v) is 6.30. The maximum absolute atomic E-state index is 13.5. The molecule has 3 N–H and O–H groups in total. The molecule has 0 fully saturated rings. The van der Waals surface area contributed by atoms with Crippen LogP contribution in [0.1, 0.15) is 17.3 Å². The first kappa shape index (κ1) is 14.8. The van der Waals surface area contributed by atoms with Gasteiger partial charge in [-0.05, 0) is 37.3 Å². The highest BCUT2D eigenvalue weighted by Gasteiger charge is 2.13. The molecule has 21 heavy (non-hydrogen) atoms. The van der Waals surface area contributed by atoms with Gasteiger partial charge in [0.2, 0.25) is 0 Å². The minimum Gasteiger partial charge on any atom is -0.492 e. The summed E-state index contributed by atoms with van der Waals surface area (Å²) in [5.74, 6) is -2.26. The molecule has 0 unspecified atom stereocenters. The molecule has 4 nitrogen and oxygen atoms in total. The molecule has 2 aromatic carbocycles. The topological polar surface area (TPSA) is 64.3 Å². The van der Waals surface area contributed by atoms with Crippen molar-refractivity contribution in [3.63, 3.8) is 0 Å². The molecule has 110 valence electrons. The van der Waals surface area contributed by atoms with Crippen molar-refractivity contribution >= 4 is 17.3 Å². The summed E-state index contributed by atoms with van der Waals surface area (Å²) in [6.45, 7) is 2.26. The van der Waals surface area contributed by atoms with Crippen LogP contribution in [-0.4, -0.2) is 12.5 Å². The number of amides is 1. The maximum atomic E-state index is 13.5. The van der Waals surface area contributed by atoms with Gasteiger partial charge >= 0.3 is 0 Å². The zero-order valence-electron chi connectivity index (χ0n) is 11.3. The van der Waals surface area contributed by atoms with Crippen molar-refractivity contribution in [3.05, 3.63) is 53.6 Å². The molecule has 0 aliphatic rings. The van der Waals surface area contributed by atoms with E-state index in [-0.39, 0.29) is 11.3 Å². The average molecular weight is 292 g/mol. The zero-order valence-corrected chi connectivity index (χ0v) is 11.3. The lowest BCUT2D eigenvalue weighted by atomic mass is 10.1. The Bertz CT molecular complexity index is 675. The van der Waals surface area contributed by atoms with Crippen LogP contribution in [0.3, 0.4) is 0 Å². The minimum atomic E-state index is -1.11. The number of nitrogens with one attached hydrogen (secondary N) is 1. The number of ether oxygens (including phenoxy) is 1. The summed E-state index contributed by atoms with van der Waals surface area (Å²) in [6.07, 6.45) is 0. The summed E-state index contributed by atoms with van der Waals surface area (Å²) in [7, 11) is 0. The number of anilines is 2. The van der Waals surface area contributed by atoms with Gasteiger partial charge in [0.05, 0.1) is 18.0 Å². The van der Waals surface area contributed by atoms with Crippen LogP contribution in [0.15, 0.2) is 36.4 Å². The van der Waals surface area contributed by atoms with Crippen LogP contribution in [-0.2, 0) is 0 Å². The lowest BCUT2D eigenvalue weighted by Crippen LogP contribution is -2.14. The smallest absolute Gasteiger partial charge is 0.255 e. The van der Waals surface area contributed by atoms with E-state index in [0.717, 1.165) is 6.07 Å². The Morgan fingerprint density at radius 1 is 1.29 bits per heavy atom. The number of hydrogen-bond donors (Lipinski definition) is 2. The van der Waals surface area contributed by atoms with Gasteiger partial charge < -0.3 is 15.8 Å². The SMILES string of the molecule is CCOc1ccc(C(=O)Nc2cccc(F)c2F)cc1N. The van der Waals surface area contributed by atoms with Gasteiger partial charge in [0, 0.05) is 5.56 Å². The number of nitrogen functional groups attached to an aromatic ring is 1. The van der Waals surface area contributed by atoms with Gasteiger partial charge in [-0.25, -0.2) is 8.78 Å². The van der Waals surface area contributed by atoms with E-state index >= 15 is 0 Å². The summed E-state index contributed by atoms with van der Waals surface area (Å²) in [5.41, 5.74) is 6.04.